The summed E-state index contributed by atoms with van der Waals surface area (Å²) < 4.78 is 3.76. The number of thiophene rings is 1. The third-order valence-electron chi connectivity index (χ3n) is 6.10. The van der Waals surface area contributed by atoms with Gasteiger partial charge in [-0.05, 0) is 29.3 Å². The molecule has 1 aliphatic heterocycles. The molecule has 0 saturated carbocycles. The zero-order valence-electron chi connectivity index (χ0n) is 17.9. The Hall–Kier alpha value is -2.65. The molecule has 0 radical (unpaired) electrons. The highest BCUT2D eigenvalue weighted by Gasteiger charge is 2.28. The van der Waals surface area contributed by atoms with Crippen molar-refractivity contribution in [1.82, 2.24) is 19.2 Å². The van der Waals surface area contributed by atoms with E-state index in [-0.39, 0.29) is 5.56 Å². The number of aromatic nitrogens is 4. The van der Waals surface area contributed by atoms with E-state index in [4.69, 9.17) is 11.6 Å². The van der Waals surface area contributed by atoms with Gasteiger partial charge in [0.25, 0.3) is 5.56 Å². The number of quaternary nitrogens is 1. The third kappa shape index (κ3) is 3.49. The van der Waals surface area contributed by atoms with E-state index < -0.39 is 0 Å². The van der Waals surface area contributed by atoms with Crippen LogP contribution in [0.15, 0.2) is 64.5 Å². The second-order valence-electron chi connectivity index (χ2n) is 8.29. The molecular weight excluding hydrogens is 474 g/mol. The van der Waals surface area contributed by atoms with Gasteiger partial charge in [0, 0.05) is 17.2 Å². The summed E-state index contributed by atoms with van der Waals surface area (Å²) in [5.41, 5.74) is 3.01. The van der Waals surface area contributed by atoms with Gasteiger partial charge < -0.3 is 4.90 Å². The van der Waals surface area contributed by atoms with Crippen molar-refractivity contribution in [3.8, 4) is 5.69 Å². The average molecular weight is 495 g/mol. The second kappa shape index (κ2) is 8.29. The number of rotatable bonds is 4. The monoisotopic (exact) mass is 494 g/mol. The summed E-state index contributed by atoms with van der Waals surface area (Å²) in [7, 11) is 2.20. The van der Waals surface area contributed by atoms with Gasteiger partial charge >= 0.3 is 0 Å². The Kier molecular flexibility index (Phi) is 5.25. The second-order valence-corrected chi connectivity index (χ2v) is 10.7. The maximum atomic E-state index is 13.8. The van der Waals surface area contributed by atoms with Gasteiger partial charge in [0.2, 0.25) is 5.78 Å². The van der Waals surface area contributed by atoms with Gasteiger partial charge in [0.1, 0.15) is 11.4 Å². The summed E-state index contributed by atoms with van der Waals surface area (Å²) in [6.07, 6.45) is 0.904. The summed E-state index contributed by atoms with van der Waals surface area (Å²) >= 11 is 9.67. The Labute approximate surface area is 203 Å². The van der Waals surface area contributed by atoms with Crippen molar-refractivity contribution in [3.05, 3.63) is 86.0 Å². The molecule has 0 aliphatic carbocycles. The summed E-state index contributed by atoms with van der Waals surface area (Å²) in [6.45, 7) is 1.96. The van der Waals surface area contributed by atoms with Crippen LogP contribution in [-0.4, -0.2) is 32.8 Å². The van der Waals surface area contributed by atoms with Gasteiger partial charge in [-0.2, -0.15) is 0 Å². The minimum Gasteiger partial charge on any atom is -0.333 e. The van der Waals surface area contributed by atoms with E-state index in [2.05, 4.69) is 21.6 Å². The zero-order valence-corrected chi connectivity index (χ0v) is 20.3. The molecule has 1 atom stereocenters. The van der Waals surface area contributed by atoms with E-state index in [9.17, 15) is 4.79 Å². The number of para-hydroxylation sites is 1. The summed E-state index contributed by atoms with van der Waals surface area (Å²) in [4.78, 5) is 17.5. The molecule has 1 unspecified atom stereocenters. The molecule has 0 fully saturated rings. The Bertz CT molecular complexity index is 1560. The fourth-order valence-electron chi connectivity index (χ4n) is 4.43. The maximum Gasteiger partial charge on any atom is 0.268 e. The lowest BCUT2D eigenvalue weighted by Crippen LogP contribution is -3.08. The van der Waals surface area contributed by atoms with Crippen molar-refractivity contribution in [2.45, 2.75) is 23.9 Å². The smallest absolute Gasteiger partial charge is 0.268 e. The number of likely N-dealkylation sites (N-methyl/N-ethyl adjacent to an activating group) is 1. The van der Waals surface area contributed by atoms with E-state index in [0.29, 0.717) is 11.5 Å². The molecule has 6 rings (SSSR count). The van der Waals surface area contributed by atoms with Crippen LogP contribution in [0.5, 0.6) is 0 Å². The van der Waals surface area contributed by atoms with Gasteiger partial charge in [-0.15, -0.1) is 21.5 Å². The van der Waals surface area contributed by atoms with Crippen LogP contribution in [0.4, 0.5) is 0 Å². The van der Waals surface area contributed by atoms with Crippen molar-refractivity contribution < 1.29 is 4.90 Å². The van der Waals surface area contributed by atoms with Gasteiger partial charge in [-0.25, -0.2) is 8.97 Å². The minimum atomic E-state index is -0.0178. The van der Waals surface area contributed by atoms with E-state index in [1.54, 1.807) is 27.7 Å². The normalized spacial score (nSPS) is 15.9. The van der Waals surface area contributed by atoms with Gasteiger partial charge in [0.05, 0.1) is 29.5 Å². The predicted molar refractivity (Wildman–Crippen MR) is 134 cm³/mol. The molecule has 9 heteroatoms. The van der Waals surface area contributed by atoms with Crippen LogP contribution in [0.3, 0.4) is 0 Å². The van der Waals surface area contributed by atoms with Crippen LogP contribution in [0.1, 0.15) is 16.0 Å². The lowest BCUT2D eigenvalue weighted by Gasteiger charge is -2.19. The van der Waals surface area contributed by atoms with Crippen molar-refractivity contribution in [2.24, 2.45) is 0 Å². The van der Waals surface area contributed by atoms with E-state index in [1.807, 2.05) is 54.6 Å². The fraction of sp³-hybridized carbons (Fsp3) is 0.208. The Morgan fingerprint density at radius 1 is 1.12 bits per heavy atom. The Balaban J connectivity index is 1.60. The highest BCUT2D eigenvalue weighted by Crippen LogP contribution is 2.34. The fourth-order valence-corrected chi connectivity index (χ4v) is 7.16. The highest BCUT2D eigenvalue weighted by atomic mass is 35.5. The molecule has 0 amide bonds. The number of hydrogen-bond acceptors (Lipinski definition) is 5. The van der Waals surface area contributed by atoms with Crippen molar-refractivity contribution in [3.63, 3.8) is 0 Å². The largest absolute Gasteiger partial charge is 0.333 e. The highest BCUT2D eigenvalue weighted by molar-refractivity contribution is 7.98. The number of thioether (sulfide) groups is 1. The third-order valence-corrected chi connectivity index (χ3v) is 8.67. The maximum absolute atomic E-state index is 13.8. The molecule has 1 aliphatic rings. The van der Waals surface area contributed by atoms with E-state index >= 15 is 0 Å². The van der Waals surface area contributed by atoms with E-state index in [1.165, 1.54) is 15.3 Å². The Morgan fingerprint density at radius 2 is 1.91 bits per heavy atom. The standard InChI is InChI=1S/C24H20ClN5OS2/c1-28-12-11-17-19(13-28)33-22-20(17)21(31)29(16-8-3-2-4-9-16)23-26-27-24(30(22)23)32-14-15-7-5-6-10-18(15)25/h2-10H,11-14H2,1H3/p+1. The zero-order chi connectivity index (χ0) is 22.5. The molecule has 166 valence electrons. The predicted octanol–water partition coefficient (Wildman–Crippen LogP) is 3.61. The van der Waals surface area contributed by atoms with Crippen LogP contribution in [0.2, 0.25) is 5.02 Å². The van der Waals surface area contributed by atoms with Crippen LogP contribution in [0.25, 0.3) is 21.7 Å². The molecule has 3 aromatic heterocycles. The number of hydrogen-bond donors (Lipinski definition) is 1. The molecule has 6 nitrogen and oxygen atoms in total. The SMILES string of the molecule is C[NH+]1CCc2c(sc3c2c(=O)n(-c2ccccc2)c2nnc(SCc4ccccc4Cl)n32)C1. The number of nitrogens with zero attached hydrogens (tertiary/aromatic N) is 4. The lowest BCUT2D eigenvalue weighted by molar-refractivity contribution is -0.895. The average Bonchev–Trinajstić information content (AvgIpc) is 3.40. The van der Waals surface area contributed by atoms with Gasteiger partial charge in [0.15, 0.2) is 5.16 Å². The molecule has 2 aromatic carbocycles. The van der Waals surface area contributed by atoms with Crippen LogP contribution < -0.4 is 10.5 Å². The first kappa shape index (κ1) is 20.9. The minimum absolute atomic E-state index is 0.0178. The number of benzene rings is 2. The quantitative estimate of drug-likeness (QED) is 0.388. The van der Waals surface area contributed by atoms with Crippen molar-refractivity contribution in [1.29, 1.82) is 0 Å². The van der Waals surface area contributed by atoms with Gasteiger partial charge in [-0.3, -0.25) is 4.79 Å². The molecule has 0 spiro atoms. The molecule has 1 N–H and O–H groups in total. The first-order valence-electron chi connectivity index (χ1n) is 10.8. The number of fused-ring (bicyclic) bond motifs is 5. The summed E-state index contributed by atoms with van der Waals surface area (Å²) in [5.74, 6) is 1.21. The molecular formula is C24H21ClN5OS2+. The van der Waals surface area contributed by atoms with Crippen molar-refractivity contribution >= 4 is 50.7 Å². The van der Waals surface area contributed by atoms with Gasteiger partial charge in [-0.1, -0.05) is 59.8 Å². The molecule has 33 heavy (non-hydrogen) atoms. The van der Waals surface area contributed by atoms with Crippen LogP contribution in [0, 0.1) is 0 Å². The van der Waals surface area contributed by atoms with Crippen LogP contribution in [-0.2, 0) is 18.7 Å². The first-order chi connectivity index (χ1) is 16.1. The summed E-state index contributed by atoms with van der Waals surface area (Å²) in [6, 6.07) is 17.5. The molecule has 0 bridgehead atoms. The van der Waals surface area contributed by atoms with E-state index in [0.717, 1.165) is 51.2 Å². The number of nitrogens with one attached hydrogen (secondary N) is 1. The lowest BCUT2D eigenvalue weighted by atomic mass is 10.1. The number of halogens is 1. The summed E-state index contributed by atoms with van der Waals surface area (Å²) in [5, 5.41) is 11.3. The molecule has 0 saturated heterocycles. The van der Waals surface area contributed by atoms with Crippen LogP contribution >= 0.6 is 34.7 Å². The molecule has 4 heterocycles. The molecule has 5 aromatic rings. The first-order valence-corrected chi connectivity index (χ1v) is 13.0. The van der Waals surface area contributed by atoms with Crippen molar-refractivity contribution in [2.75, 3.05) is 13.6 Å². The topological polar surface area (TPSA) is 56.6 Å². The Morgan fingerprint density at radius 3 is 2.73 bits per heavy atom.